The zero-order valence-electron chi connectivity index (χ0n) is 15.0. The Bertz CT molecular complexity index is 793. The highest BCUT2D eigenvalue weighted by Crippen LogP contribution is 2.32. The fourth-order valence-corrected chi connectivity index (χ4v) is 3.26. The third kappa shape index (κ3) is 4.38. The molecule has 1 aromatic rings. The molecule has 1 saturated heterocycles. The molecule has 0 atom stereocenters. The van der Waals surface area contributed by atoms with E-state index >= 15 is 0 Å². The summed E-state index contributed by atoms with van der Waals surface area (Å²) in [6.45, 7) is -1.22. The summed E-state index contributed by atoms with van der Waals surface area (Å²) in [4.78, 5) is 48.1. The molecule has 0 aromatic heterocycles. The summed E-state index contributed by atoms with van der Waals surface area (Å²) in [6.07, 6.45) is 3.67. The van der Waals surface area contributed by atoms with Gasteiger partial charge in [0, 0.05) is 6.07 Å². The number of rotatable bonds is 6. The molecule has 2 aliphatic rings. The van der Waals surface area contributed by atoms with Gasteiger partial charge >= 0.3 is 12.0 Å². The maximum absolute atomic E-state index is 13.0. The van der Waals surface area contributed by atoms with Crippen molar-refractivity contribution in [1.29, 1.82) is 0 Å². The molecule has 28 heavy (non-hydrogen) atoms. The summed E-state index contributed by atoms with van der Waals surface area (Å²) < 4.78 is 22.8. The minimum Gasteiger partial charge on any atom is -0.482 e. The van der Waals surface area contributed by atoms with Crippen LogP contribution in [0.4, 0.5) is 9.18 Å². The Morgan fingerprint density at radius 3 is 2.64 bits per heavy atom. The zero-order valence-corrected chi connectivity index (χ0v) is 15.0. The second kappa shape index (κ2) is 8.24. The number of esters is 1. The number of ether oxygens (including phenoxy) is 2. The van der Waals surface area contributed by atoms with Gasteiger partial charge in [0.05, 0.1) is 0 Å². The van der Waals surface area contributed by atoms with Gasteiger partial charge in [-0.05, 0) is 25.0 Å². The Morgan fingerprint density at radius 2 is 1.93 bits per heavy atom. The van der Waals surface area contributed by atoms with Gasteiger partial charge in [-0.1, -0.05) is 25.3 Å². The molecule has 0 bridgehead atoms. The number of hydrazine groups is 1. The van der Waals surface area contributed by atoms with Crippen molar-refractivity contribution in [3.63, 3.8) is 0 Å². The van der Waals surface area contributed by atoms with Crippen molar-refractivity contribution < 1.29 is 33.0 Å². The lowest BCUT2D eigenvalue weighted by atomic mass is 9.82. The standard InChI is InChI=1S/C18H20FN3O6/c19-12-5-4-6-13(9-12)27-11-15(24)28-10-14(23)21-22-16(25)18(20-17(22)26)7-2-1-3-8-18/h4-6,9H,1-3,7-8,10-11H2,(H,20,26)(H,21,23). The number of urea groups is 1. The van der Waals surface area contributed by atoms with E-state index in [-0.39, 0.29) is 5.75 Å². The van der Waals surface area contributed by atoms with Crippen molar-refractivity contribution in [2.45, 2.75) is 37.6 Å². The Labute approximate surface area is 160 Å². The van der Waals surface area contributed by atoms with E-state index in [4.69, 9.17) is 9.47 Å². The summed E-state index contributed by atoms with van der Waals surface area (Å²) in [7, 11) is 0. The van der Waals surface area contributed by atoms with Crippen LogP contribution < -0.4 is 15.5 Å². The van der Waals surface area contributed by atoms with Crippen LogP contribution in [-0.4, -0.2) is 47.6 Å². The maximum atomic E-state index is 13.0. The lowest BCUT2D eigenvalue weighted by Gasteiger charge is -2.30. The third-order valence-corrected chi connectivity index (χ3v) is 4.62. The predicted octanol–water partition coefficient (Wildman–Crippen LogP) is 1.03. The molecule has 1 saturated carbocycles. The van der Waals surface area contributed by atoms with E-state index in [9.17, 15) is 23.6 Å². The summed E-state index contributed by atoms with van der Waals surface area (Å²) in [6, 6.07) is 4.49. The van der Waals surface area contributed by atoms with Crippen molar-refractivity contribution in [1.82, 2.24) is 15.8 Å². The molecular formula is C18H20FN3O6. The Hall–Kier alpha value is -3.17. The molecule has 2 fully saturated rings. The van der Waals surface area contributed by atoms with Gasteiger partial charge < -0.3 is 14.8 Å². The molecule has 0 radical (unpaired) electrons. The Kier molecular flexibility index (Phi) is 5.76. The van der Waals surface area contributed by atoms with Crippen LogP contribution >= 0.6 is 0 Å². The third-order valence-electron chi connectivity index (χ3n) is 4.62. The first-order chi connectivity index (χ1) is 13.4. The second-order valence-corrected chi connectivity index (χ2v) is 6.66. The molecule has 4 amide bonds. The molecule has 0 unspecified atom stereocenters. The minimum absolute atomic E-state index is 0.138. The number of hydrogen-bond donors (Lipinski definition) is 2. The molecule has 2 N–H and O–H groups in total. The number of nitrogens with zero attached hydrogens (tertiary/aromatic N) is 1. The summed E-state index contributed by atoms with van der Waals surface area (Å²) in [5.74, 6) is -2.59. The number of nitrogens with one attached hydrogen (secondary N) is 2. The Balaban J connectivity index is 1.44. The van der Waals surface area contributed by atoms with Crippen LogP contribution in [0.25, 0.3) is 0 Å². The first-order valence-electron chi connectivity index (χ1n) is 8.90. The van der Waals surface area contributed by atoms with E-state index in [1.54, 1.807) is 0 Å². The molecular weight excluding hydrogens is 373 g/mol. The van der Waals surface area contributed by atoms with Crippen LogP contribution in [-0.2, 0) is 19.1 Å². The fraction of sp³-hybridized carbons (Fsp3) is 0.444. The predicted molar refractivity (Wildman–Crippen MR) is 92.2 cm³/mol. The van der Waals surface area contributed by atoms with Gasteiger partial charge in [0.15, 0.2) is 13.2 Å². The number of halogens is 1. The van der Waals surface area contributed by atoms with Crippen molar-refractivity contribution in [2.24, 2.45) is 0 Å². The SMILES string of the molecule is O=C(COC(=O)COc1cccc(F)c1)NN1C(=O)NC2(CCCCC2)C1=O. The molecule has 1 aliphatic heterocycles. The zero-order chi connectivity index (χ0) is 20.1. The highest BCUT2D eigenvalue weighted by molar-refractivity contribution is 6.08. The number of hydrogen-bond acceptors (Lipinski definition) is 6. The average molecular weight is 393 g/mol. The lowest BCUT2D eigenvalue weighted by molar-refractivity contribution is -0.152. The van der Waals surface area contributed by atoms with E-state index < -0.39 is 48.4 Å². The van der Waals surface area contributed by atoms with Crippen LogP contribution in [0.2, 0.25) is 0 Å². The van der Waals surface area contributed by atoms with Crippen LogP contribution in [0.15, 0.2) is 24.3 Å². The van der Waals surface area contributed by atoms with Crippen LogP contribution in [0.3, 0.4) is 0 Å². The molecule has 10 heteroatoms. The van der Waals surface area contributed by atoms with Gasteiger partial charge in [0.25, 0.3) is 11.8 Å². The summed E-state index contributed by atoms with van der Waals surface area (Å²) >= 11 is 0. The van der Waals surface area contributed by atoms with Gasteiger partial charge in [0.1, 0.15) is 17.1 Å². The average Bonchev–Trinajstić information content (AvgIpc) is 2.89. The topological polar surface area (TPSA) is 114 Å². The number of carbonyl (C=O) groups is 4. The molecule has 1 heterocycles. The van der Waals surface area contributed by atoms with Gasteiger partial charge in [-0.3, -0.25) is 15.0 Å². The molecule has 1 aromatic carbocycles. The monoisotopic (exact) mass is 393 g/mol. The van der Waals surface area contributed by atoms with Gasteiger partial charge in [-0.15, -0.1) is 0 Å². The number of carbonyl (C=O) groups excluding carboxylic acids is 4. The molecule has 1 spiro atoms. The number of amides is 4. The van der Waals surface area contributed by atoms with Crippen LogP contribution in [0.5, 0.6) is 5.75 Å². The summed E-state index contributed by atoms with van der Waals surface area (Å²) in [5, 5.41) is 3.28. The van der Waals surface area contributed by atoms with Gasteiger partial charge in [0.2, 0.25) is 0 Å². The normalized spacial score (nSPS) is 18.0. The first-order valence-corrected chi connectivity index (χ1v) is 8.90. The molecule has 1 aliphatic carbocycles. The highest BCUT2D eigenvalue weighted by Gasteiger charge is 2.52. The van der Waals surface area contributed by atoms with E-state index in [0.717, 1.165) is 25.3 Å². The van der Waals surface area contributed by atoms with E-state index in [1.165, 1.54) is 18.2 Å². The molecule has 150 valence electrons. The Morgan fingerprint density at radius 1 is 1.18 bits per heavy atom. The quantitative estimate of drug-likeness (QED) is 0.551. The van der Waals surface area contributed by atoms with E-state index in [1.807, 2.05) is 0 Å². The maximum Gasteiger partial charge on any atom is 0.344 e. The largest absolute Gasteiger partial charge is 0.482 e. The van der Waals surface area contributed by atoms with Crippen LogP contribution in [0, 0.1) is 5.82 Å². The highest BCUT2D eigenvalue weighted by atomic mass is 19.1. The van der Waals surface area contributed by atoms with Crippen molar-refractivity contribution in [3.05, 3.63) is 30.1 Å². The second-order valence-electron chi connectivity index (χ2n) is 6.66. The van der Waals surface area contributed by atoms with E-state index in [2.05, 4.69) is 10.7 Å². The molecule has 9 nitrogen and oxygen atoms in total. The molecule has 3 rings (SSSR count). The van der Waals surface area contributed by atoms with Gasteiger partial charge in [-0.25, -0.2) is 14.0 Å². The number of benzene rings is 1. The van der Waals surface area contributed by atoms with E-state index in [0.29, 0.717) is 17.9 Å². The fourth-order valence-electron chi connectivity index (χ4n) is 3.26. The van der Waals surface area contributed by atoms with Crippen molar-refractivity contribution in [3.8, 4) is 5.75 Å². The minimum atomic E-state index is -0.960. The van der Waals surface area contributed by atoms with Crippen LogP contribution in [0.1, 0.15) is 32.1 Å². The van der Waals surface area contributed by atoms with Crippen molar-refractivity contribution >= 4 is 23.8 Å². The smallest absolute Gasteiger partial charge is 0.344 e. The first kappa shape index (κ1) is 19.6. The number of imide groups is 1. The summed E-state index contributed by atoms with van der Waals surface area (Å²) in [5.41, 5.74) is 1.19. The lowest BCUT2D eigenvalue weighted by Crippen LogP contribution is -2.51. The van der Waals surface area contributed by atoms with Gasteiger partial charge in [-0.2, -0.15) is 5.01 Å². The van der Waals surface area contributed by atoms with Crippen molar-refractivity contribution in [2.75, 3.05) is 13.2 Å².